The normalized spacial score (nSPS) is 10.7. The Morgan fingerprint density at radius 2 is 1.75 bits per heavy atom. The van der Waals surface area contributed by atoms with Crippen molar-refractivity contribution in [2.45, 2.75) is 19.3 Å². The molecule has 0 saturated heterocycles. The van der Waals surface area contributed by atoms with Gasteiger partial charge in [-0.15, -0.1) is 0 Å². The molecule has 0 saturated carbocycles. The Balaban J connectivity index is 1.34. The molecule has 24 heavy (non-hydrogen) atoms. The molecule has 0 unspecified atom stereocenters. The van der Waals surface area contributed by atoms with Crippen LogP contribution in [0.15, 0.2) is 60.8 Å². The van der Waals surface area contributed by atoms with Crippen molar-refractivity contribution in [1.29, 1.82) is 0 Å². The van der Waals surface area contributed by atoms with Crippen LogP contribution in [-0.2, 0) is 16.0 Å². The fourth-order valence-corrected chi connectivity index (χ4v) is 2.67. The number of benzene rings is 2. The van der Waals surface area contributed by atoms with Crippen LogP contribution in [0.25, 0.3) is 10.9 Å². The van der Waals surface area contributed by atoms with Gasteiger partial charge in [0.25, 0.3) is 0 Å². The van der Waals surface area contributed by atoms with Gasteiger partial charge in [-0.3, -0.25) is 4.79 Å². The van der Waals surface area contributed by atoms with Gasteiger partial charge in [-0.05, 0) is 36.6 Å². The van der Waals surface area contributed by atoms with E-state index < -0.39 is 0 Å². The third-order valence-corrected chi connectivity index (χ3v) is 3.86. The lowest BCUT2D eigenvalue weighted by Crippen LogP contribution is -2.12. The molecule has 4 nitrogen and oxygen atoms in total. The predicted octanol–water partition coefficient (Wildman–Crippen LogP) is 4.11. The van der Waals surface area contributed by atoms with Gasteiger partial charge in [0, 0.05) is 23.5 Å². The number of aromatic amines is 1. The SMILES string of the molecule is O=C(CCCc1c[nH]c2ccccc12)OCCOc1ccccc1. The van der Waals surface area contributed by atoms with Crippen LogP contribution in [0.3, 0.4) is 0 Å². The molecule has 1 N–H and O–H groups in total. The Morgan fingerprint density at radius 1 is 0.958 bits per heavy atom. The summed E-state index contributed by atoms with van der Waals surface area (Å²) in [4.78, 5) is 15.0. The van der Waals surface area contributed by atoms with Crippen molar-refractivity contribution < 1.29 is 14.3 Å². The van der Waals surface area contributed by atoms with Crippen LogP contribution in [-0.4, -0.2) is 24.2 Å². The van der Waals surface area contributed by atoms with E-state index in [-0.39, 0.29) is 12.6 Å². The summed E-state index contributed by atoms with van der Waals surface area (Å²) in [5, 5.41) is 1.22. The first-order valence-corrected chi connectivity index (χ1v) is 8.21. The zero-order chi connectivity index (χ0) is 16.6. The van der Waals surface area contributed by atoms with Gasteiger partial charge in [0.15, 0.2) is 0 Å². The van der Waals surface area contributed by atoms with E-state index in [9.17, 15) is 4.79 Å². The highest BCUT2D eigenvalue weighted by Gasteiger charge is 2.06. The second-order valence-electron chi connectivity index (χ2n) is 5.60. The van der Waals surface area contributed by atoms with Crippen molar-refractivity contribution in [3.8, 4) is 5.75 Å². The molecule has 3 aromatic rings. The summed E-state index contributed by atoms with van der Waals surface area (Å²) in [6.07, 6.45) is 4.08. The average molecular weight is 323 g/mol. The van der Waals surface area contributed by atoms with Gasteiger partial charge in [-0.25, -0.2) is 0 Å². The zero-order valence-electron chi connectivity index (χ0n) is 13.5. The van der Waals surface area contributed by atoms with Gasteiger partial charge >= 0.3 is 5.97 Å². The quantitative estimate of drug-likeness (QED) is 0.501. The maximum absolute atomic E-state index is 11.8. The minimum Gasteiger partial charge on any atom is -0.490 e. The number of carbonyl (C=O) groups excluding carboxylic acids is 1. The molecule has 0 atom stereocenters. The number of carbonyl (C=O) groups is 1. The number of hydrogen-bond donors (Lipinski definition) is 1. The topological polar surface area (TPSA) is 51.3 Å². The highest BCUT2D eigenvalue weighted by Crippen LogP contribution is 2.19. The highest BCUT2D eigenvalue weighted by molar-refractivity contribution is 5.83. The van der Waals surface area contributed by atoms with Crippen LogP contribution in [0, 0.1) is 0 Å². The maximum Gasteiger partial charge on any atom is 0.305 e. The van der Waals surface area contributed by atoms with Gasteiger partial charge in [0.1, 0.15) is 19.0 Å². The summed E-state index contributed by atoms with van der Waals surface area (Å²) in [7, 11) is 0. The monoisotopic (exact) mass is 323 g/mol. The van der Waals surface area contributed by atoms with Gasteiger partial charge < -0.3 is 14.5 Å². The molecule has 0 bridgehead atoms. The second-order valence-corrected chi connectivity index (χ2v) is 5.60. The molecular weight excluding hydrogens is 302 g/mol. The van der Waals surface area contributed by atoms with E-state index in [4.69, 9.17) is 9.47 Å². The fraction of sp³-hybridized carbons (Fsp3) is 0.250. The van der Waals surface area contributed by atoms with E-state index in [1.807, 2.05) is 48.7 Å². The number of aryl methyl sites for hydroxylation is 1. The van der Waals surface area contributed by atoms with Crippen molar-refractivity contribution >= 4 is 16.9 Å². The third kappa shape index (κ3) is 4.38. The first-order chi connectivity index (χ1) is 11.8. The lowest BCUT2D eigenvalue weighted by molar-refractivity contribution is -0.144. The maximum atomic E-state index is 11.8. The molecule has 0 spiro atoms. The van der Waals surface area contributed by atoms with Gasteiger partial charge in [-0.2, -0.15) is 0 Å². The molecular formula is C20H21NO3. The minimum atomic E-state index is -0.175. The van der Waals surface area contributed by atoms with E-state index >= 15 is 0 Å². The van der Waals surface area contributed by atoms with Crippen LogP contribution in [0.2, 0.25) is 0 Å². The first kappa shape index (κ1) is 16.1. The molecule has 1 aromatic heterocycles. The van der Waals surface area contributed by atoms with Crippen molar-refractivity contribution in [2.24, 2.45) is 0 Å². The predicted molar refractivity (Wildman–Crippen MR) is 94.1 cm³/mol. The summed E-state index contributed by atoms with van der Waals surface area (Å²) in [5.74, 6) is 0.611. The highest BCUT2D eigenvalue weighted by atomic mass is 16.6. The number of fused-ring (bicyclic) bond motifs is 1. The zero-order valence-corrected chi connectivity index (χ0v) is 13.5. The minimum absolute atomic E-state index is 0.175. The third-order valence-electron chi connectivity index (χ3n) is 3.86. The average Bonchev–Trinajstić information content (AvgIpc) is 3.03. The summed E-state index contributed by atoms with van der Waals surface area (Å²) >= 11 is 0. The second kappa shape index (κ2) is 8.20. The molecule has 1 heterocycles. The van der Waals surface area contributed by atoms with Crippen LogP contribution in [0.5, 0.6) is 5.75 Å². The Labute approximate surface area is 141 Å². The molecule has 0 aliphatic carbocycles. The van der Waals surface area contributed by atoms with Crippen molar-refractivity contribution in [3.63, 3.8) is 0 Å². The smallest absolute Gasteiger partial charge is 0.305 e. The van der Waals surface area contributed by atoms with Gasteiger partial charge in [0.05, 0.1) is 0 Å². The molecule has 0 aliphatic heterocycles. The molecule has 0 amide bonds. The van der Waals surface area contributed by atoms with Gasteiger partial charge in [0.2, 0.25) is 0 Å². The van der Waals surface area contributed by atoms with Crippen LogP contribution in [0.4, 0.5) is 0 Å². The molecule has 3 rings (SSSR count). The standard InChI is InChI=1S/C20H21NO3/c22-20(24-14-13-23-17-8-2-1-3-9-17)12-6-7-16-15-21-19-11-5-4-10-18(16)19/h1-5,8-11,15,21H,6-7,12-14H2. The molecule has 0 fully saturated rings. The van der Waals surface area contributed by atoms with Crippen molar-refractivity contribution in [3.05, 3.63) is 66.4 Å². The number of nitrogens with one attached hydrogen (secondary N) is 1. The van der Waals surface area contributed by atoms with E-state index in [0.717, 1.165) is 24.1 Å². The van der Waals surface area contributed by atoms with E-state index in [1.54, 1.807) is 0 Å². The van der Waals surface area contributed by atoms with E-state index in [1.165, 1.54) is 10.9 Å². The first-order valence-electron chi connectivity index (χ1n) is 8.21. The Hall–Kier alpha value is -2.75. The van der Waals surface area contributed by atoms with Crippen LogP contribution < -0.4 is 4.74 Å². The molecule has 124 valence electrons. The molecule has 0 aliphatic rings. The summed E-state index contributed by atoms with van der Waals surface area (Å²) in [6, 6.07) is 17.7. The molecule has 2 aromatic carbocycles. The number of esters is 1. The lowest BCUT2D eigenvalue weighted by atomic mass is 10.1. The van der Waals surface area contributed by atoms with Crippen molar-refractivity contribution in [1.82, 2.24) is 4.98 Å². The lowest BCUT2D eigenvalue weighted by Gasteiger charge is -2.07. The fourth-order valence-electron chi connectivity index (χ4n) is 2.67. The Kier molecular flexibility index (Phi) is 5.51. The van der Waals surface area contributed by atoms with Crippen LogP contribution >= 0.6 is 0 Å². The largest absolute Gasteiger partial charge is 0.490 e. The Morgan fingerprint density at radius 3 is 2.62 bits per heavy atom. The number of aromatic nitrogens is 1. The summed E-state index contributed by atoms with van der Waals surface area (Å²) in [5.41, 5.74) is 2.37. The van der Waals surface area contributed by atoms with E-state index in [0.29, 0.717) is 13.0 Å². The molecule has 0 radical (unpaired) electrons. The summed E-state index contributed by atoms with van der Waals surface area (Å²) < 4.78 is 10.7. The number of H-pyrrole nitrogens is 1. The molecule has 4 heteroatoms. The number of para-hydroxylation sites is 2. The number of ether oxygens (including phenoxy) is 2. The number of hydrogen-bond acceptors (Lipinski definition) is 3. The van der Waals surface area contributed by atoms with E-state index in [2.05, 4.69) is 17.1 Å². The van der Waals surface area contributed by atoms with Crippen molar-refractivity contribution in [2.75, 3.05) is 13.2 Å². The number of rotatable bonds is 8. The van der Waals surface area contributed by atoms with Gasteiger partial charge in [-0.1, -0.05) is 36.4 Å². The summed E-state index contributed by atoms with van der Waals surface area (Å²) in [6.45, 7) is 0.652. The van der Waals surface area contributed by atoms with Crippen LogP contribution in [0.1, 0.15) is 18.4 Å². The Bertz CT molecular complexity index is 780.